The first kappa shape index (κ1) is 43.4. The van der Waals surface area contributed by atoms with Crippen LogP contribution in [0.15, 0.2) is 279 Å². The van der Waals surface area contributed by atoms with Crippen LogP contribution in [0.4, 0.5) is 34.4 Å². The number of rotatable bonds is 2. The largest absolute Gasteiger partial charge is 0.295 e. The summed E-state index contributed by atoms with van der Waals surface area (Å²) in [6.45, 7) is 0. The molecule has 0 unspecified atom stereocenters. The van der Waals surface area contributed by atoms with E-state index in [1.54, 1.807) is 0 Å². The number of nitrogens with zero attached hydrogens (tertiary/aromatic N) is 4. The van der Waals surface area contributed by atoms with Gasteiger partial charge in [0.1, 0.15) is 11.6 Å². The molecule has 0 saturated heterocycles. The van der Waals surface area contributed by atoms with E-state index in [-0.39, 0.29) is 0 Å². The van der Waals surface area contributed by atoms with E-state index in [1.165, 1.54) is 155 Å². The lowest BCUT2D eigenvalue weighted by Gasteiger charge is -2.28. The second kappa shape index (κ2) is 16.4. The van der Waals surface area contributed by atoms with Crippen LogP contribution < -0.4 is 9.80 Å². The van der Waals surface area contributed by atoms with E-state index < -0.39 is 0 Å². The van der Waals surface area contributed by atoms with Crippen molar-refractivity contribution in [3.63, 3.8) is 0 Å². The lowest BCUT2D eigenvalue weighted by atomic mass is 9.94. The van der Waals surface area contributed by atoms with Crippen molar-refractivity contribution in [3.8, 4) is 78.1 Å². The molecule has 4 aliphatic rings. The molecule has 2 aliphatic heterocycles. The van der Waals surface area contributed by atoms with Crippen molar-refractivity contribution in [2.45, 2.75) is 0 Å². The Morgan fingerprint density at radius 2 is 0.562 bits per heavy atom. The Balaban J connectivity index is 0.000000124. The molecule has 0 saturated carbocycles. The van der Waals surface area contributed by atoms with Crippen molar-refractivity contribution in [3.05, 3.63) is 279 Å². The lowest BCUT2D eigenvalue weighted by Crippen LogP contribution is -2.13. The molecule has 4 heteroatoms. The van der Waals surface area contributed by atoms with Gasteiger partial charge < -0.3 is 0 Å². The van der Waals surface area contributed by atoms with E-state index in [9.17, 15) is 0 Å². The summed E-state index contributed by atoms with van der Waals surface area (Å²) in [7, 11) is 0. The van der Waals surface area contributed by atoms with E-state index in [4.69, 9.17) is 0 Å². The Bertz CT molecular complexity index is 5110. The summed E-state index contributed by atoms with van der Waals surface area (Å²) in [5.74, 6) is 2.30. The van der Waals surface area contributed by atoms with Gasteiger partial charge in [0.15, 0.2) is 0 Å². The fourth-order valence-electron chi connectivity index (χ4n) is 14.2. The second-order valence-corrected chi connectivity index (χ2v) is 21.5. The SMILES string of the molecule is c1ccc2c(c1)-c1cccc3c(N4c5ccc6ccccc6c5-c5ccccc5-n5c4cc4ccccc45)ccc-2c13.c1ccc2c(c1)-c1cccc3c(N4c5ccccc5-c5ccccc5-n5c4cc4ccccc45)ccc-2c13. The van der Waals surface area contributed by atoms with Crippen molar-refractivity contribution in [1.29, 1.82) is 0 Å². The van der Waals surface area contributed by atoms with Crippen LogP contribution in [0, 0.1) is 0 Å². The van der Waals surface area contributed by atoms with Gasteiger partial charge in [-0.15, -0.1) is 0 Å². The van der Waals surface area contributed by atoms with Gasteiger partial charge in [-0.25, -0.2) is 0 Å². The zero-order valence-corrected chi connectivity index (χ0v) is 43.3. The van der Waals surface area contributed by atoms with Gasteiger partial charge in [-0.05, 0) is 127 Å². The number of anilines is 6. The third kappa shape index (κ3) is 5.88. The number of benzene rings is 13. The van der Waals surface area contributed by atoms with E-state index in [0.717, 1.165) is 11.6 Å². The Morgan fingerprint density at radius 3 is 1.11 bits per heavy atom. The molecule has 0 spiro atoms. The fourth-order valence-corrected chi connectivity index (χ4v) is 14.2. The van der Waals surface area contributed by atoms with E-state index in [0.29, 0.717) is 0 Å². The molecule has 15 aromatic rings. The molecule has 370 valence electrons. The molecule has 4 nitrogen and oxygen atoms in total. The molecule has 4 heterocycles. The summed E-state index contributed by atoms with van der Waals surface area (Å²) in [6.07, 6.45) is 0. The summed E-state index contributed by atoms with van der Waals surface area (Å²) in [4.78, 5) is 4.98. The van der Waals surface area contributed by atoms with Gasteiger partial charge >= 0.3 is 0 Å². The highest BCUT2D eigenvalue weighted by atomic mass is 15.3. The monoisotopic (exact) mass is 1010 g/mol. The first-order valence-electron chi connectivity index (χ1n) is 27.7. The summed E-state index contributed by atoms with van der Waals surface area (Å²) in [5, 5.41) is 10.2. The van der Waals surface area contributed by atoms with Crippen LogP contribution in [0.1, 0.15) is 0 Å². The van der Waals surface area contributed by atoms with Crippen LogP contribution in [-0.4, -0.2) is 9.13 Å². The van der Waals surface area contributed by atoms with Crippen molar-refractivity contribution in [1.82, 2.24) is 9.13 Å². The molecule has 2 aromatic heterocycles. The first-order valence-corrected chi connectivity index (χ1v) is 27.7. The van der Waals surface area contributed by atoms with Crippen LogP contribution >= 0.6 is 0 Å². The average Bonchev–Trinajstić information content (AvgIpc) is 4.38. The summed E-state index contributed by atoms with van der Waals surface area (Å²) >= 11 is 0. The predicted octanol–water partition coefficient (Wildman–Crippen LogP) is 20.9. The normalized spacial score (nSPS) is 12.7. The molecule has 0 N–H and O–H groups in total. The highest BCUT2D eigenvalue weighted by molar-refractivity contribution is 6.22. The smallest absolute Gasteiger partial charge is 0.123 e. The second-order valence-electron chi connectivity index (χ2n) is 21.5. The minimum atomic E-state index is 1.15. The Morgan fingerprint density at radius 1 is 0.200 bits per heavy atom. The van der Waals surface area contributed by atoms with Crippen molar-refractivity contribution >= 4 is 88.5 Å². The minimum Gasteiger partial charge on any atom is -0.295 e. The maximum atomic E-state index is 2.51. The average molecular weight is 1020 g/mol. The van der Waals surface area contributed by atoms with Crippen LogP contribution in [-0.2, 0) is 0 Å². The highest BCUT2D eigenvalue weighted by Crippen LogP contribution is 2.57. The van der Waals surface area contributed by atoms with E-state index >= 15 is 0 Å². The van der Waals surface area contributed by atoms with Crippen LogP contribution in [0.3, 0.4) is 0 Å². The maximum absolute atomic E-state index is 2.51. The number of fused-ring (bicyclic) bond motifs is 22. The van der Waals surface area contributed by atoms with Crippen LogP contribution in [0.25, 0.3) is 132 Å². The van der Waals surface area contributed by atoms with Gasteiger partial charge in [-0.2, -0.15) is 0 Å². The Labute approximate surface area is 462 Å². The molecule has 0 amide bonds. The molecule has 80 heavy (non-hydrogen) atoms. The number of para-hydroxylation sites is 5. The quantitative estimate of drug-likeness (QED) is 0.172. The molecular formula is C76H46N4. The molecular weight excluding hydrogens is 969 g/mol. The molecule has 0 radical (unpaired) electrons. The topological polar surface area (TPSA) is 16.3 Å². The van der Waals surface area contributed by atoms with Gasteiger partial charge in [0.25, 0.3) is 0 Å². The third-order valence-corrected chi connectivity index (χ3v) is 17.5. The molecule has 19 rings (SSSR count). The van der Waals surface area contributed by atoms with Gasteiger partial charge in [0.2, 0.25) is 0 Å². The lowest BCUT2D eigenvalue weighted by molar-refractivity contribution is 1.09. The van der Waals surface area contributed by atoms with Crippen LogP contribution in [0.5, 0.6) is 0 Å². The number of hydrogen-bond donors (Lipinski definition) is 0. The van der Waals surface area contributed by atoms with Crippen molar-refractivity contribution < 1.29 is 0 Å². The third-order valence-electron chi connectivity index (χ3n) is 17.5. The molecule has 0 fully saturated rings. The fraction of sp³-hybridized carbons (Fsp3) is 0. The van der Waals surface area contributed by atoms with Crippen molar-refractivity contribution in [2.75, 3.05) is 9.80 Å². The van der Waals surface area contributed by atoms with Crippen molar-refractivity contribution in [2.24, 2.45) is 0 Å². The predicted molar refractivity (Wildman–Crippen MR) is 335 cm³/mol. The maximum Gasteiger partial charge on any atom is 0.123 e. The minimum absolute atomic E-state index is 1.15. The Kier molecular flexibility index (Phi) is 8.91. The van der Waals surface area contributed by atoms with Gasteiger partial charge in [0.05, 0.1) is 45.2 Å². The first-order chi connectivity index (χ1) is 39.7. The zero-order valence-electron chi connectivity index (χ0n) is 43.3. The number of aromatic nitrogens is 2. The Hall–Kier alpha value is -10.7. The summed E-state index contributed by atoms with van der Waals surface area (Å²) in [5.41, 5.74) is 25.2. The molecule has 2 aliphatic carbocycles. The van der Waals surface area contributed by atoms with E-state index in [1.807, 2.05) is 0 Å². The molecule has 13 aromatic carbocycles. The van der Waals surface area contributed by atoms with Crippen LogP contribution in [0.2, 0.25) is 0 Å². The zero-order chi connectivity index (χ0) is 52.2. The van der Waals surface area contributed by atoms with E-state index in [2.05, 4.69) is 298 Å². The van der Waals surface area contributed by atoms with Gasteiger partial charge in [-0.1, -0.05) is 218 Å². The molecule has 0 bridgehead atoms. The van der Waals surface area contributed by atoms with Gasteiger partial charge in [-0.3, -0.25) is 18.9 Å². The highest BCUT2D eigenvalue weighted by Gasteiger charge is 2.33. The van der Waals surface area contributed by atoms with Gasteiger partial charge in [0, 0.05) is 43.8 Å². The molecule has 0 atom stereocenters. The number of hydrogen-bond acceptors (Lipinski definition) is 2. The summed E-state index contributed by atoms with van der Waals surface area (Å²) in [6, 6.07) is 102. The summed E-state index contributed by atoms with van der Waals surface area (Å²) < 4.78 is 4.89. The standard InChI is InChI=1S/C40H24N2.C36H22N2/c1-3-12-27-25(10-1)20-22-37-40(27)33-15-6-8-19-35(33)41-34-18-7-2-11-26(34)24-38(41)42(37)36-23-21-31-29-14-5-4-13-28(29)30-16-9-17-32(36)39(30)31;1-6-17-31-23(10-1)22-35-37(31)32-18-7-4-13-26(32)27-14-5-8-19-33(27)38(35)34-21-20-29-25-12-3-2-11-24(25)28-15-9-16-30(34)36(28)29/h1-24H;1-22H.